The molecule has 106 valence electrons. The Morgan fingerprint density at radius 2 is 1.75 bits per heavy atom. The van der Waals surface area contributed by atoms with Gasteiger partial charge in [-0.2, -0.15) is 0 Å². The molecular weight excluding hydrogens is 254 g/mol. The minimum Gasteiger partial charge on any atom is -0.504 e. The molecule has 20 heavy (non-hydrogen) atoms. The van der Waals surface area contributed by atoms with Crippen molar-refractivity contribution >= 4 is 0 Å². The smallest absolute Gasteiger partial charge is 0.161 e. The maximum absolute atomic E-state index is 9.36. The second-order valence-corrected chi connectivity index (χ2v) is 4.72. The monoisotopic (exact) mass is 273 g/mol. The van der Waals surface area contributed by atoms with Crippen LogP contribution in [0.5, 0.6) is 17.2 Å². The summed E-state index contributed by atoms with van der Waals surface area (Å²) in [5.41, 5.74) is 1.26. The minimum atomic E-state index is -0.167. The summed E-state index contributed by atoms with van der Waals surface area (Å²) in [5, 5.41) is 18.6. The maximum atomic E-state index is 9.36. The van der Waals surface area contributed by atoms with Crippen LogP contribution in [0.2, 0.25) is 0 Å². The first-order valence-corrected chi connectivity index (χ1v) is 6.52. The molecule has 0 unspecified atom stereocenters. The average Bonchev–Trinajstić information content (AvgIpc) is 2.44. The van der Waals surface area contributed by atoms with E-state index < -0.39 is 0 Å². The van der Waals surface area contributed by atoms with E-state index in [2.05, 4.69) is 17.0 Å². The van der Waals surface area contributed by atoms with Crippen molar-refractivity contribution in [3.8, 4) is 17.2 Å². The van der Waals surface area contributed by atoms with Crippen LogP contribution >= 0.6 is 0 Å². The molecule has 2 aromatic rings. The Morgan fingerprint density at radius 1 is 1.00 bits per heavy atom. The molecular formula is C16H19NO3. The Labute approximate surface area is 118 Å². The number of phenolic OH excluding ortho intramolecular Hbond substituents is 2. The third-order valence-electron chi connectivity index (χ3n) is 2.98. The summed E-state index contributed by atoms with van der Waals surface area (Å²) >= 11 is 0. The lowest BCUT2D eigenvalue weighted by Gasteiger charge is -2.17. The Bertz CT molecular complexity index is 543. The van der Waals surface area contributed by atoms with E-state index in [4.69, 9.17) is 4.74 Å². The Kier molecular flexibility index (Phi) is 4.85. The van der Waals surface area contributed by atoms with Gasteiger partial charge in [0.25, 0.3) is 0 Å². The SMILES string of the molecule is CN(CCOc1ccc(O)c(O)c1)Cc1ccccc1. The fourth-order valence-corrected chi connectivity index (χ4v) is 1.89. The zero-order valence-corrected chi connectivity index (χ0v) is 11.5. The summed E-state index contributed by atoms with van der Waals surface area (Å²) in [7, 11) is 2.03. The molecule has 0 atom stereocenters. The first-order valence-electron chi connectivity index (χ1n) is 6.52. The van der Waals surface area contributed by atoms with Gasteiger partial charge in [-0.15, -0.1) is 0 Å². The Balaban J connectivity index is 1.76. The summed E-state index contributed by atoms with van der Waals surface area (Å²) < 4.78 is 5.54. The molecule has 0 aromatic heterocycles. The lowest BCUT2D eigenvalue weighted by molar-refractivity contribution is 0.232. The van der Waals surface area contributed by atoms with Crippen LogP contribution in [-0.2, 0) is 6.54 Å². The van der Waals surface area contributed by atoms with E-state index in [1.54, 1.807) is 6.07 Å². The first-order chi connectivity index (χ1) is 9.65. The van der Waals surface area contributed by atoms with Gasteiger partial charge in [-0.25, -0.2) is 0 Å². The van der Waals surface area contributed by atoms with Gasteiger partial charge in [0.15, 0.2) is 11.5 Å². The molecule has 0 fully saturated rings. The third-order valence-corrected chi connectivity index (χ3v) is 2.98. The highest BCUT2D eigenvalue weighted by atomic mass is 16.5. The number of phenols is 2. The van der Waals surface area contributed by atoms with Gasteiger partial charge in [-0.3, -0.25) is 4.90 Å². The molecule has 0 bridgehead atoms. The van der Waals surface area contributed by atoms with Gasteiger partial charge in [0.2, 0.25) is 0 Å². The lowest BCUT2D eigenvalue weighted by atomic mass is 10.2. The van der Waals surface area contributed by atoms with Crippen LogP contribution in [0.1, 0.15) is 5.56 Å². The fourth-order valence-electron chi connectivity index (χ4n) is 1.89. The van der Waals surface area contributed by atoms with Gasteiger partial charge in [0.1, 0.15) is 12.4 Å². The van der Waals surface area contributed by atoms with Crippen LogP contribution in [-0.4, -0.2) is 35.3 Å². The number of aromatic hydroxyl groups is 2. The molecule has 0 saturated heterocycles. The van der Waals surface area contributed by atoms with E-state index in [1.165, 1.54) is 17.7 Å². The van der Waals surface area contributed by atoms with E-state index in [9.17, 15) is 10.2 Å². The number of likely N-dealkylation sites (N-methyl/N-ethyl adjacent to an activating group) is 1. The highest BCUT2D eigenvalue weighted by molar-refractivity contribution is 5.43. The molecule has 0 saturated carbocycles. The summed E-state index contributed by atoms with van der Waals surface area (Å²) in [6, 6.07) is 14.7. The highest BCUT2D eigenvalue weighted by Gasteiger charge is 2.03. The van der Waals surface area contributed by atoms with Gasteiger partial charge >= 0.3 is 0 Å². The van der Waals surface area contributed by atoms with Crippen molar-refractivity contribution in [1.82, 2.24) is 4.90 Å². The Hall–Kier alpha value is -2.20. The van der Waals surface area contributed by atoms with Crippen molar-refractivity contribution in [2.24, 2.45) is 0 Å². The zero-order valence-electron chi connectivity index (χ0n) is 11.5. The summed E-state index contributed by atoms with van der Waals surface area (Å²) in [6.45, 7) is 2.16. The number of hydrogen-bond donors (Lipinski definition) is 2. The standard InChI is InChI=1S/C16H19NO3/c1-17(12-13-5-3-2-4-6-13)9-10-20-14-7-8-15(18)16(19)11-14/h2-8,11,18-19H,9-10,12H2,1H3. The van der Waals surface area contributed by atoms with E-state index in [1.807, 2.05) is 25.2 Å². The fraction of sp³-hybridized carbons (Fsp3) is 0.250. The quantitative estimate of drug-likeness (QED) is 0.794. The van der Waals surface area contributed by atoms with E-state index >= 15 is 0 Å². The van der Waals surface area contributed by atoms with Crippen LogP contribution < -0.4 is 4.74 Å². The Morgan fingerprint density at radius 3 is 2.45 bits per heavy atom. The molecule has 0 radical (unpaired) electrons. The minimum absolute atomic E-state index is 0.140. The van der Waals surface area contributed by atoms with Crippen molar-refractivity contribution in [2.45, 2.75) is 6.54 Å². The van der Waals surface area contributed by atoms with Crippen LogP contribution in [0, 0.1) is 0 Å². The molecule has 4 heteroatoms. The second kappa shape index (κ2) is 6.82. The van der Waals surface area contributed by atoms with Crippen molar-refractivity contribution in [2.75, 3.05) is 20.2 Å². The van der Waals surface area contributed by atoms with Gasteiger partial charge in [0.05, 0.1) is 0 Å². The summed E-state index contributed by atoms with van der Waals surface area (Å²) in [4.78, 5) is 2.16. The van der Waals surface area contributed by atoms with E-state index in [-0.39, 0.29) is 11.5 Å². The number of rotatable bonds is 6. The summed E-state index contributed by atoms with van der Waals surface area (Å²) in [6.07, 6.45) is 0. The van der Waals surface area contributed by atoms with Crippen molar-refractivity contribution in [1.29, 1.82) is 0 Å². The highest BCUT2D eigenvalue weighted by Crippen LogP contribution is 2.28. The van der Waals surface area contributed by atoms with Crippen molar-refractivity contribution in [3.05, 3.63) is 54.1 Å². The molecule has 2 N–H and O–H groups in total. The van der Waals surface area contributed by atoms with Crippen LogP contribution in [0.15, 0.2) is 48.5 Å². The lowest BCUT2D eigenvalue weighted by Crippen LogP contribution is -2.23. The second-order valence-electron chi connectivity index (χ2n) is 4.72. The van der Waals surface area contributed by atoms with Crippen molar-refractivity contribution in [3.63, 3.8) is 0 Å². The van der Waals surface area contributed by atoms with Crippen LogP contribution in [0.4, 0.5) is 0 Å². The third kappa shape index (κ3) is 4.17. The molecule has 4 nitrogen and oxygen atoms in total. The molecule has 0 spiro atoms. The molecule has 2 rings (SSSR count). The van der Waals surface area contributed by atoms with Crippen molar-refractivity contribution < 1.29 is 14.9 Å². The number of hydrogen-bond acceptors (Lipinski definition) is 4. The number of benzene rings is 2. The maximum Gasteiger partial charge on any atom is 0.161 e. The predicted octanol–water partition coefficient (Wildman–Crippen LogP) is 2.61. The van der Waals surface area contributed by atoms with Crippen LogP contribution in [0.3, 0.4) is 0 Å². The molecule has 0 amide bonds. The van der Waals surface area contributed by atoms with Gasteiger partial charge in [-0.05, 0) is 24.7 Å². The topological polar surface area (TPSA) is 52.9 Å². The van der Waals surface area contributed by atoms with Gasteiger partial charge in [0, 0.05) is 19.2 Å². The first kappa shape index (κ1) is 14.2. The number of nitrogens with zero attached hydrogens (tertiary/aromatic N) is 1. The predicted molar refractivity (Wildman–Crippen MR) is 78.0 cm³/mol. The van der Waals surface area contributed by atoms with Gasteiger partial charge in [-0.1, -0.05) is 30.3 Å². The van der Waals surface area contributed by atoms with E-state index in [0.717, 1.165) is 13.1 Å². The van der Waals surface area contributed by atoms with E-state index in [0.29, 0.717) is 12.4 Å². The largest absolute Gasteiger partial charge is 0.504 e. The van der Waals surface area contributed by atoms with Crippen LogP contribution in [0.25, 0.3) is 0 Å². The number of ether oxygens (including phenoxy) is 1. The summed E-state index contributed by atoms with van der Waals surface area (Å²) in [5.74, 6) is 0.243. The average molecular weight is 273 g/mol. The molecule has 0 aliphatic heterocycles. The van der Waals surface area contributed by atoms with Gasteiger partial charge < -0.3 is 14.9 Å². The molecule has 2 aromatic carbocycles. The molecule has 0 heterocycles. The zero-order chi connectivity index (χ0) is 14.4. The normalized spacial score (nSPS) is 10.7. The molecule has 0 aliphatic rings. The molecule has 0 aliphatic carbocycles.